The smallest absolute Gasteiger partial charge is 0.321 e. The van der Waals surface area contributed by atoms with E-state index in [-0.39, 0.29) is 18.0 Å². The Balaban J connectivity index is 1.32. The Kier molecular flexibility index (Phi) is 6.23. The van der Waals surface area contributed by atoms with Crippen molar-refractivity contribution in [3.05, 3.63) is 59.9 Å². The van der Waals surface area contributed by atoms with Crippen LogP contribution in [0.15, 0.2) is 48.5 Å². The van der Waals surface area contributed by atoms with Crippen LogP contribution in [0.1, 0.15) is 50.5 Å². The Morgan fingerprint density at radius 3 is 2.47 bits per heavy atom. The van der Waals surface area contributed by atoms with Gasteiger partial charge in [-0.3, -0.25) is 0 Å². The van der Waals surface area contributed by atoms with E-state index in [9.17, 15) is 14.3 Å². The van der Waals surface area contributed by atoms with Gasteiger partial charge in [-0.2, -0.15) is 0 Å². The summed E-state index contributed by atoms with van der Waals surface area (Å²) >= 11 is 0. The molecule has 0 radical (unpaired) electrons. The van der Waals surface area contributed by atoms with Crippen molar-refractivity contribution in [2.45, 2.75) is 56.7 Å². The van der Waals surface area contributed by atoms with E-state index in [2.05, 4.69) is 5.32 Å². The van der Waals surface area contributed by atoms with E-state index in [1.807, 2.05) is 24.3 Å². The molecule has 5 nitrogen and oxygen atoms in total. The molecular formula is C24H29FN2O3. The Hall–Kier alpha value is -2.60. The van der Waals surface area contributed by atoms with Crippen molar-refractivity contribution in [3.8, 4) is 5.75 Å². The van der Waals surface area contributed by atoms with Crippen molar-refractivity contribution in [1.82, 2.24) is 4.90 Å². The van der Waals surface area contributed by atoms with E-state index in [0.717, 1.165) is 18.6 Å². The van der Waals surface area contributed by atoms with Crippen molar-refractivity contribution >= 4 is 11.7 Å². The number of hydrogen-bond donors (Lipinski definition) is 2. The maximum absolute atomic E-state index is 13.2. The van der Waals surface area contributed by atoms with Crippen molar-refractivity contribution in [2.24, 2.45) is 0 Å². The van der Waals surface area contributed by atoms with Crippen LogP contribution < -0.4 is 10.1 Å². The lowest BCUT2D eigenvalue weighted by Crippen LogP contribution is -2.46. The van der Waals surface area contributed by atoms with Gasteiger partial charge in [0.25, 0.3) is 0 Å². The molecule has 2 aromatic carbocycles. The Bertz CT molecular complexity index is 857. The average Bonchev–Trinajstić information content (AvgIpc) is 2.75. The molecule has 0 unspecified atom stereocenters. The summed E-state index contributed by atoms with van der Waals surface area (Å²) in [4.78, 5) is 14.4. The van der Waals surface area contributed by atoms with E-state index in [0.29, 0.717) is 37.2 Å². The lowest BCUT2D eigenvalue weighted by molar-refractivity contribution is -0.0157. The summed E-state index contributed by atoms with van der Waals surface area (Å²) in [5, 5.41) is 13.9. The molecule has 2 fully saturated rings. The molecule has 1 aliphatic heterocycles. The van der Waals surface area contributed by atoms with Gasteiger partial charge in [-0.05, 0) is 68.4 Å². The van der Waals surface area contributed by atoms with Gasteiger partial charge in [0.1, 0.15) is 11.6 Å². The van der Waals surface area contributed by atoms with Gasteiger partial charge >= 0.3 is 6.03 Å². The number of aliphatic hydroxyl groups is 1. The van der Waals surface area contributed by atoms with Crippen molar-refractivity contribution in [3.63, 3.8) is 0 Å². The number of anilines is 1. The van der Waals surface area contributed by atoms with Crippen LogP contribution in [0.25, 0.3) is 0 Å². The Morgan fingerprint density at radius 2 is 1.77 bits per heavy atom. The molecule has 0 atom stereocenters. The number of piperidine rings is 1. The third-order valence-electron chi connectivity index (χ3n) is 6.20. The van der Waals surface area contributed by atoms with Crippen molar-refractivity contribution in [2.75, 3.05) is 18.4 Å². The number of hydrogen-bond acceptors (Lipinski definition) is 3. The lowest BCUT2D eigenvalue weighted by atomic mass is 9.84. The minimum atomic E-state index is -1.03. The molecule has 0 bridgehead atoms. The number of halogens is 1. The number of likely N-dealkylation sites (tertiary alicyclic amines) is 1. The molecule has 4 rings (SSSR count). The molecule has 2 amide bonds. The van der Waals surface area contributed by atoms with E-state index >= 15 is 0 Å². The fourth-order valence-corrected chi connectivity index (χ4v) is 4.35. The van der Waals surface area contributed by atoms with Crippen LogP contribution in [0.2, 0.25) is 0 Å². The maximum Gasteiger partial charge on any atom is 0.321 e. The van der Waals surface area contributed by atoms with Crippen LogP contribution >= 0.6 is 0 Å². The molecule has 0 spiro atoms. The second-order valence-corrected chi connectivity index (χ2v) is 8.36. The highest BCUT2D eigenvalue weighted by Gasteiger charge is 2.35. The first kappa shape index (κ1) is 20.7. The van der Waals surface area contributed by atoms with Gasteiger partial charge in [0.15, 0.2) is 0 Å². The van der Waals surface area contributed by atoms with Gasteiger partial charge in [-0.25, -0.2) is 9.18 Å². The van der Waals surface area contributed by atoms with Gasteiger partial charge in [-0.15, -0.1) is 0 Å². The number of ether oxygens (including phenoxy) is 1. The molecule has 2 aliphatic rings. The predicted octanol–water partition coefficient (Wildman–Crippen LogP) is 5.05. The number of carbonyl (C=O) groups excluding carboxylic acids is 1. The minimum Gasteiger partial charge on any atom is -0.490 e. The molecule has 2 N–H and O–H groups in total. The molecular weight excluding hydrogens is 383 g/mol. The molecule has 1 aliphatic carbocycles. The third kappa shape index (κ3) is 4.93. The first-order valence-corrected chi connectivity index (χ1v) is 10.8. The van der Waals surface area contributed by atoms with Gasteiger partial charge in [0, 0.05) is 24.8 Å². The number of carbonyl (C=O) groups is 1. The van der Waals surface area contributed by atoms with Gasteiger partial charge in [0.2, 0.25) is 0 Å². The number of rotatable bonds is 4. The predicted molar refractivity (Wildman–Crippen MR) is 114 cm³/mol. The van der Waals surface area contributed by atoms with E-state index in [4.69, 9.17) is 4.74 Å². The second kappa shape index (κ2) is 9.04. The number of urea groups is 1. The van der Waals surface area contributed by atoms with E-state index in [1.165, 1.54) is 31.4 Å². The Labute approximate surface area is 176 Å². The van der Waals surface area contributed by atoms with Crippen molar-refractivity contribution < 1.29 is 19.0 Å². The molecule has 1 heterocycles. The molecule has 6 heteroatoms. The highest BCUT2D eigenvalue weighted by atomic mass is 19.1. The zero-order chi connectivity index (χ0) is 21.0. The summed E-state index contributed by atoms with van der Waals surface area (Å²) in [5.41, 5.74) is 0.363. The fraction of sp³-hybridized carbons (Fsp3) is 0.458. The van der Waals surface area contributed by atoms with Gasteiger partial charge < -0.3 is 20.1 Å². The number of nitrogens with one attached hydrogen (secondary N) is 1. The normalized spacial score (nSPS) is 19.3. The number of nitrogens with zero attached hydrogens (tertiary/aromatic N) is 1. The largest absolute Gasteiger partial charge is 0.490 e. The quantitative estimate of drug-likeness (QED) is 0.738. The van der Waals surface area contributed by atoms with Crippen LogP contribution in [0.3, 0.4) is 0 Å². The summed E-state index contributed by atoms with van der Waals surface area (Å²) < 4.78 is 19.2. The van der Waals surface area contributed by atoms with E-state index in [1.54, 1.807) is 17.0 Å². The molecule has 160 valence electrons. The SMILES string of the molecule is O=C(Nc1cccc(OC2CCCCC2)c1)N1CCC(O)(c2ccc(F)cc2)CC1. The van der Waals surface area contributed by atoms with Gasteiger partial charge in [-0.1, -0.05) is 24.6 Å². The van der Waals surface area contributed by atoms with Crippen LogP contribution in [-0.2, 0) is 5.60 Å². The highest BCUT2D eigenvalue weighted by Crippen LogP contribution is 2.33. The first-order chi connectivity index (χ1) is 14.5. The lowest BCUT2D eigenvalue weighted by Gasteiger charge is -2.38. The molecule has 2 aromatic rings. The zero-order valence-electron chi connectivity index (χ0n) is 17.1. The number of benzene rings is 2. The molecule has 30 heavy (non-hydrogen) atoms. The zero-order valence-corrected chi connectivity index (χ0v) is 17.1. The maximum atomic E-state index is 13.2. The average molecular weight is 413 g/mol. The van der Waals surface area contributed by atoms with Crippen LogP contribution in [0.5, 0.6) is 5.75 Å². The highest BCUT2D eigenvalue weighted by molar-refractivity contribution is 5.89. The Morgan fingerprint density at radius 1 is 1.07 bits per heavy atom. The topological polar surface area (TPSA) is 61.8 Å². The summed E-state index contributed by atoms with van der Waals surface area (Å²) in [5.74, 6) is 0.456. The minimum absolute atomic E-state index is 0.189. The monoisotopic (exact) mass is 412 g/mol. The molecule has 1 saturated carbocycles. The second-order valence-electron chi connectivity index (χ2n) is 8.36. The number of amides is 2. The fourth-order valence-electron chi connectivity index (χ4n) is 4.35. The summed E-state index contributed by atoms with van der Waals surface area (Å²) in [6, 6.07) is 13.3. The van der Waals surface area contributed by atoms with Gasteiger partial charge in [0.05, 0.1) is 11.7 Å². The molecule has 0 aromatic heterocycles. The summed E-state index contributed by atoms with van der Waals surface area (Å²) in [6.07, 6.45) is 6.95. The summed E-state index contributed by atoms with van der Waals surface area (Å²) in [6.45, 7) is 0.857. The van der Waals surface area contributed by atoms with Crippen molar-refractivity contribution in [1.29, 1.82) is 0 Å². The first-order valence-electron chi connectivity index (χ1n) is 10.8. The summed E-state index contributed by atoms with van der Waals surface area (Å²) in [7, 11) is 0. The van der Waals surface area contributed by atoms with Crippen LogP contribution in [0, 0.1) is 5.82 Å². The standard InChI is InChI=1S/C24H29FN2O3/c25-19-11-9-18(10-12-19)24(29)13-15-27(16-14-24)23(28)26-20-5-4-8-22(17-20)30-21-6-2-1-3-7-21/h4-5,8-12,17,21,29H,1-3,6-7,13-16H2,(H,26,28). The van der Waals surface area contributed by atoms with Crippen LogP contribution in [0.4, 0.5) is 14.9 Å². The third-order valence-corrected chi connectivity index (χ3v) is 6.20. The molecule has 1 saturated heterocycles. The van der Waals surface area contributed by atoms with Crippen LogP contribution in [-0.4, -0.2) is 35.2 Å². The van der Waals surface area contributed by atoms with E-state index < -0.39 is 5.60 Å².